The quantitative estimate of drug-likeness (QED) is 0.575. The van der Waals surface area contributed by atoms with E-state index < -0.39 is 36.2 Å². The molecule has 0 aromatic heterocycles. The predicted octanol–water partition coefficient (Wildman–Crippen LogP) is 0.899. The zero-order valence-electron chi connectivity index (χ0n) is 13.5. The average molecular weight is 303 g/mol. The fourth-order valence-electron chi connectivity index (χ4n) is 2.96. The Morgan fingerprint density at radius 2 is 1.81 bits per heavy atom. The van der Waals surface area contributed by atoms with Crippen molar-refractivity contribution in [1.29, 1.82) is 0 Å². The Bertz CT molecular complexity index is 420. The normalized spacial score (nSPS) is 26.0. The van der Waals surface area contributed by atoms with Crippen LogP contribution in [0.2, 0.25) is 0 Å². The van der Waals surface area contributed by atoms with E-state index in [1.165, 1.54) is 13.8 Å². The van der Waals surface area contributed by atoms with Gasteiger partial charge in [-0.3, -0.25) is 14.3 Å². The maximum Gasteiger partial charge on any atom is 0.334 e. The smallest absolute Gasteiger partial charge is 0.334 e. The molecule has 0 spiro atoms. The summed E-state index contributed by atoms with van der Waals surface area (Å²) in [7, 11) is 0. The summed E-state index contributed by atoms with van der Waals surface area (Å²) in [6.07, 6.45) is 0.518. The molecule has 1 saturated heterocycles. The summed E-state index contributed by atoms with van der Waals surface area (Å²) in [5.41, 5.74) is -0.795. The number of ether oxygens (including phenoxy) is 3. The molecule has 1 aliphatic rings. The lowest BCUT2D eigenvalue weighted by Gasteiger charge is -2.38. The third-order valence-electron chi connectivity index (χ3n) is 3.50. The van der Waals surface area contributed by atoms with Crippen molar-refractivity contribution < 1.29 is 28.9 Å². The SMILES string of the molecule is CC(=O)OCO[C@](O)(OC(C)=O)[C@H]1CC(C)(C)NC1(C)C. The number of hydrogen-bond donors (Lipinski definition) is 2. The van der Waals surface area contributed by atoms with Gasteiger partial charge in [-0.15, -0.1) is 0 Å². The van der Waals surface area contributed by atoms with Gasteiger partial charge < -0.3 is 19.9 Å². The van der Waals surface area contributed by atoms with Gasteiger partial charge in [0.25, 0.3) is 0 Å². The van der Waals surface area contributed by atoms with Crippen LogP contribution < -0.4 is 5.32 Å². The second-order valence-corrected chi connectivity index (χ2v) is 6.61. The van der Waals surface area contributed by atoms with Crippen molar-refractivity contribution in [3.05, 3.63) is 0 Å². The van der Waals surface area contributed by atoms with Gasteiger partial charge in [-0.05, 0) is 34.1 Å². The van der Waals surface area contributed by atoms with E-state index in [0.29, 0.717) is 6.42 Å². The van der Waals surface area contributed by atoms with Gasteiger partial charge in [0.15, 0.2) is 6.79 Å². The first kappa shape index (κ1) is 17.9. The molecule has 122 valence electrons. The standard InChI is InChI=1S/C14H25NO6/c1-9(16)19-8-20-14(18,21-10(2)17)11-7-12(3,4)15-13(11,5)6/h11,15,18H,7-8H2,1-6H3/t11-,14-/m0/s1. The minimum atomic E-state index is -2.16. The molecule has 21 heavy (non-hydrogen) atoms. The van der Waals surface area contributed by atoms with Crippen LogP contribution in [0.25, 0.3) is 0 Å². The molecular formula is C14H25NO6. The van der Waals surface area contributed by atoms with Crippen LogP contribution in [0.15, 0.2) is 0 Å². The Kier molecular flexibility index (Phi) is 5.02. The van der Waals surface area contributed by atoms with E-state index in [1.54, 1.807) is 0 Å². The van der Waals surface area contributed by atoms with Crippen molar-refractivity contribution >= 4 is 11.9 Å². The fraction of sp³-hybridized carbons (Fsp3) is 0.857. The van der Waals surface area contributed by atoms with Crippen molar-refractivity contribution in [1.82, 2.24) is 5.32 Å². The molecular weight excluding hydrogens is 278 g/mol. The molecule has 0 radical (unpaired) electrons. The van der Waals surface area contributed by atoms with Crippen molar-refractivity contribution in [3.8, 4) is 0 Å². The van der Waals surface area contributed by atoms with Gasteiger partial charge >= 0.3 is 17.9 Å². The van der Waals surface area contributed by atoms with Crippen LogP contribution in [0.4, 0.5) is 0 Å². The number of aliphatic hydroxyl groups is 1. The highest BCUT2D eigenvalue weighted by atomic mass is 16.9. The highest BCUT2D eigenvalue weighted by Crippen LogP contribution is 2.43. The van der Waals surface area contributed by atoms with Crippen LogP contribution >= 0.6 is 0 Å². The summed E-state index contributed by atoms with van der Waals surface area (Å²) < 4.78 is 14.9. The average Bonchev–Trinajstić information content (AvgIpc) is 2.45. The van der Waals surface area contributed by atoms with E-state index in [1.807, 2.05) is 27.7 Å². The topological polar surface area (TPSA) is 94.1 Å². The minimum absolute atomic E-state index is 0.257. The van der Waals surface area contributed by atoms with Crippen LogP contribution in [0, 0.1) is 5.92 Å². The Balaban J connectivity index is 2.95. The highest BCUT2D eigenvalue weighted by molar-refractivity contribution is 5.66. The molecule has 0 unspecified atom stereocenters. The van der Waals surface area contributed by atoms with Crippen molar-refractivity contribution in [2.24, 2.45) is 5.92 Å². The minimum Gasteiger partial charge on any atom is -0.438 e. The molecule has 0 amide bonds. The Hall–Kier alpha value is -1.18. The molecule has 0 bridgehead atoms. The van der Waals surface area contributed by atoms with Crippen LogP contribution in [0.5, 0.6) is 0 Å². The third-order valence-corrected chi connectivity index (χ3v) is 3.50. The largest absolute Gasteiger partial charge is 0.438 e. The molecule has 1 fully saturated rings. The maximum absolute atomic E-state index is 11.3. The van der Waals surface area contributed by atoms with Gasteiger partial charge in [-0.2, -0.15) is 0 Å². The van der Waals surface area contributed by atoms with Crippen LogP contribution in [0.3, 0.4) is 0 Å². The van der Waals surface area contributed by atoms with Gasteiger partial charge in [0.05, 0.1) is 5.92 Å². The van der Waals surface area contributed by atoms with Gasteiger partial charge in [0.1, 0.15) is 0 Å². The summed E-state index contributed by atoms with van der Waals surface area (Å²) in [5, 5.41) is 14.0. The first-order chi connectivity index (χ1) is 9.38. The van der Waals surface area contributed by atoms with E-state index >= 15 is 0 Å². The fourth-order valence-corrected chi connectivity index (χ4v) is 2.96. The zero-order chi connectivity index (χ0) is 16.5. The molecule has 7 heteroatoms. The Morgan fingerprint density at radius 1 is 1.24 bits per heavy atom. The monoisotopic (exact) mass is 303 g/mol. The molecule has 0 saturated carbocycles. The number of carbonyl (C=O) groups is 2. The predicted molar refractivity (Wildman–Crippen MR) is 73.8 cm³/mol. The van der Waals surface area contributed by atoms with Crippen molar-refractivity contribution in [2.45, 2.75) is 65.0 Å². The highest BCUT2D eigenvalue weighted by Gasteiger charge is 2.57. The summed E-state index contributed by atoms with van der Waals surface area (Å²) >= 11 is 0. The molecule has 7 nitrogen and oxygen atoms in total. The summed E-state index contributed by atoms with van der Waals surface area (Å²) in [4.78, 5) is 22.1. The Labute approximate surface area is 124 Å². The van der Waals surface area contributed by atoms with Crippen LogP contribution in [-0.2, 0) is 23.8 Å². The van der Waals surface area contributed by atoms with E-state index in [0.717, 1.165) is 0 Å². The number of esters is 2. The van der Waals surface area contributed by atoms with Crippen molar-refractivity contribution in [2.75, 3.05) is 6.79 Å². The molecule has 0 aromatic rings. The molecule has 2 atom stereocenters. The van der Waals surface area contributed by atoms with Gasteiger partial charge in [-0.25, -0.2) is 0 Å². The molecule has 1 aliphatic heterocycles. The molecule has 0 aromatic carbocycles. The van der Waals surface area contributed by atoms with Crippen molar-refractivity contribution in [3.63, 3.8) is 0 Å². The van der Waals surface area contributed by atoms with E-state index in [2.05, 4.69) is 10.1 Å². The molecule has 0 aliphatic carbocycles. The van der Waals surface area contributed by atoms with Crippen LogP contribution in [0.1, 0.15) is 48.0 Å². The first-order valence-corrected chi connectivity index (χ1v) is 6.86. The summed E-state index contributed by atoms with van der Waals surface area (Å²) in [5.74, 6) is -3.92. The lowest BCUT2D eigenvalue weighted by atomic mass is 9.85. The summed E-state index contributed by atoms with van der Waals surface area (Å²) in [6.45, 7) is 9.64. The van der Waals surface area contributed by atoms with Gasteiger partial charge in [0, 0.05) is 24.9 Å². The summed E-state index contributed by atoms with van der Waals surface area (Å²) in [6, 6.07) is 0. The number of carbonyl (C=O) groups excluding carboxylic acids is 2. The van der Waals surface area contributed by atoms with Gasteiger partial charge in [-0.1, -0.05) is 0 Å². The molecule has 1 heterocycles. The number of nitrogens with one attached hydrogen (secondary N) is 1. The van der Waals surface area contributed by atoms with Crippen LogP contribution in [-0.4, -0.2) is 40.9 Å². The maximum atomic E-state index is 11.3. The van der Waals surface area contributed by atoms with E-state index in [4.69, 9.17) is 9.47 Å². The second kappa shape index (κ2) is 5.90. The molecule has 1 rings (SSSR count). The number of rotatable bonds is 5. The zero-order valence-corrected chi connectivity index (χ0v) is 13.5. The first-order valence-electron chi connectivity index (χ1n) is 6.86. The van der Waals surface area contributed by atoms with Gasteiger partial charge in [0.2, 0.25) is 0 Å². The molecule has 2 N–H and O–H groups in total. The van der Waals surface area contributed by atoms with E-state index in [9.17, 15) is 14.7 Å². The second-order valence-electron chi connectivity index (χ2n) is 6.61. The van der Waals surface area contributed by atoms with E-state index in [-0.39, 0.29) is 5.54 Å². The Morgan fingerprint density at radius 3 is 2.19 bits per heavy atom. The lowest BCUT2D eigenvalue weighted by molar-refractivity contribution is -0.387. The lowest BCUT2D eigenvalue weighted by Crippen LogP contribution is -2.55. The number of hydrogen-bond acceptors (Lipinski definition) is 7. The third kappa shape index (κ3) is 4.66.